The Balaban J connectivity index is 1.38. The van der Waals surface area contributed by atoms with Gasteiger partial charge in [0.2, 0.25) is 5.36 Å². The molecule has 12 heteroatoms. The van der Waals surface area contributed by atoms with Crippen molar-refractivity contribution in [3.05, 3.63) is 95.3 Å². The number of benzene rings is 4. The number of hydrogen-bond donors (Lipinski definition) is 4. The molecule has 0 unspecified atom stereocenters. The van der Waals surface area contributed by atoms with Crippen LogP contribution in [0.1, 0.15) is 56.5 Å². The highest BCUT2D eigenvalue weighted by atomic mass is 32.1. The molecule has 0 amide bonds. The van der Waals surface area contributed by atoms with Crippen LogP contribution >= 0.6 is 12.2 Å². The molecule has 1 heterocycles. The lowest BCUT2D eigenvalue weighted by Crippen LogP contribution is -2.33. The van der Waals surface area contributed by atoms with E-state index in [1.54, 1.807) is 6.07 Å². The molecule has 58 heavy (non-hydrogen) atoms. The van der Waals surface area contributed by atoms with Gasteiger partial charge in [-0.05, 0) is 126 Å². The molecular weight excluding hydrogens is 745 g/mol. The van der Waals surface area contributed by atoms with Crippen molar-refractivity contribution in [2.24, 2.45) is 9.98 Å². The average molecular weight is 804 g/mol. The molecule has 0 atom stereocenters. The second-order valence-corrected chi connectivity index (χ2v) is 14.6. The number of nitrogens with one attached hydrogen (secondary N) is 3. The Morgan fingerprint density at radius 2 is 1.50 bits per heavy atom. The molecule has 3 aromatic carbocycles. The lowest BCUT2D eigenvalue weighted by Gasteiger charge is -2.23. The first-order valence-electron chi connectivity index (χ1n) is 20.4. The Labute approximate surface area is 348 Å². The van der Waals surface area contributed by atoms with E-state index in [9.17, 15) is 9.90 Å². The molecule has 0 bridgehead atoms. The van der Waals surface area contributed by atoms with Gasteiger partial charge in [0.15, 0.2) is 5.11 Å². The number of carbonyl (C=O) groups is 1. The molecule has 5 rings (SSSR count). The summed E-state index contributed by atoms with van der Waals surface area (Å²) < 4.78 is 8.89. The monoisotopic (exact) mass is 803 g/mol. The number of thiocarbonyl (C=S) groups is 1. The number of hydrogen-bond acceptors (Lipinski definition) is 8. The van der Waals surface area contributed by atoms with Crippen LogP contribution in [-0.2, 0) is 6.54 Å². The van der Waals surface area contributed by atoms with Gasteiger partial charge in [0.1, 0.15) is 24.4 Å². The van der Waals surface area contributed by atoms with Crippen LogP contribution < -0.4 is 30.8 Å². The minimum absolute atomic E-state index is 0.156. The van der Waals surface area contributed by atoms with Crippen molar-refractivity contribution < 1.29 is 14.3 Å². The van der Waals surface area contributed by atoms with Crippen molar-refractivity contribution in [1.82, 2.24) is 14.8 Å². The van der Waals surface area contributed by atoms with Crippen LogP contribution in [0.2, 0.25) is 0 Å². The Bertz CT molecular complexity index is 2210. The van der Waals surface area contributed by atoms with Crippen LogP contribution in [-0.4, -0.2) is 100.0 Å². The molecule has 1 aliphatic carbocycles. The van der Waals surface area contributed by atoms with Crippen molar-refractivity contribution in [1.29, 1.82) is 0 Å². The molecule has 3 aromatic rings. The quantitative estimate of drug-likeness (QED) is 0.0182. The summed E-state index contributed by atoms with van der Waals surface area (Å²) in [5.74, 6) is -0.341. The van der Waals surface area contributed by atoms with E-state index in [4.69, 9.17) is 16.6 Å². The zero-order valence-corrected chi connectivity index (χ0v) is 35.3. The minimum Gasteiger partial charge on any atom is -0.478 e. The fraction of sp³-hybridized carbons (Fsp3) is 0.370. The van der Waals surface area contributed by atoms with E-state index in [0.29, 0.717) is 27.7 Å². The second-order valence-electron chi connectivity index (χ2n) is 14.2. The molecule has 4 N–H and O–H groups in total. The maximum absolute atomic E-state index is 13.0. The number of rotatable bonds is 22. The Kier molecular flexibility index (Phi) is 16.5. The number of aliphatic imine (C=N–C) groups is 2. The summed E-state index contributed by atoms with van der Waals surface area (Å²) >= 11 is 5.71. The SMILES string of the molecule is C=NCCCNCCN(CCCN=C)Cc1ccc(NC(=S)Nc2ccc(-c3c4ccc(=[N+](CC)CC)cc-4oc4cc(N(CC)CC)ccc34)c(C(=O)O)c2)cc1. The first-order chi connectivity index (χ1) is 28.2. The summed E-state index contributed by atoms with van der Waals surface area (Å²) in [6, 6.07) is 26.0. The van der Waals surface area contributed by atoms with E-state index in [-0.39, 0.29) is 5.56 Å². The van der Waals surface area contributed by atoms with Gasteiger partial charge in [-0.15, -0.1) is 0 Å². The average Bonchev–Trinajstić information content (AvgIpc) is 3.22. The third-order valence-electron chi connectivity index (χ3n) is 10.4. The molecule has 0 spiro atoms. The highest BCUT2D eigenvalue weighted by Crippen LogP contribution is 2.42. The van der Waals surface area contributed by atoms with Gasteiger partial charge >= 0.3 is 5.97 Å². The molecule has 1 aliphatic heterocycles. The topological polar surface area (TPSA) is 121 Å². The van der Waals surface area contributed by atoms with Crippen LogP contribution in [0, 0.1) is 0 Å². The summed E-state index contributed by atoms with van der Waals surface area (Å²) in [5.41, 5.74) is 6.74. The number of carboxylic acids is 1. The molecule has 11 nitrogen and oxygen atoms in total. The Morgan fingerprint density at radius 1 is 0.810 bits per heavy atom. The van der Waals surface area contributed by atoms with Crippen molar-refractivity contribution in [3.63, 3.8) is 0 Å². The van der Waals surface area contributed by atoms with Crippen LogP contribution in [0.15, 0.2) is 93.3 Å². The zero-order chi connectivity index (χ0) is 41.4. The summed E-state index contributed by atoms with van der Waals surface area (Å²) in [4.78, 5) is 25.6. The standard InChI is InChI=1S/C46H58N8O3S/c1-7-53(8-2)36-18-21-39-42(30-36)57-43-31-37(54(9-3)10-4)19-22-40(43)44(39)38-20-17-35(29-41(38)45(55)56)51-46(58)50-34-15-13-33(14-16-34)32-52(27-12-24-48-6)28-26-49-25-11-23-47-5/h13-22,29-31,49H,5-12,23-28,32H2,1-4H3,(H2,50,55,56,58)/p+1. The van der Waals surface area contributed by atoms with Gasteiger partial charge in [0.05, 0.1) is 11.6 Å². The van der Waals surface area contributed by atoms with E-state index in [1.165, 1.54) is 5.56 Å². The summed E-state index contributed by atoms with van der Waals surface area (Å²) in [6.07, 6.45) is 1.94. The van der Waals surface area contributed by atoms with Gasteiger partial charge in [-0.2, -0.15) is 0 Å². The van der Waals surface area contributed by atoms with Crippen molar-refractivity contribution in [2.45, 2.75) is 47.1 Å². The van der Waals surface area contributed by atoms with Gasteiger partial charge in [0, 0.05) is 98.1 Å². The van der Waals surface area contributed by atoms with Crippen molar-refractivity contribution in [3.8, 4) is 22.5 Å². The number of fused-ring (bicyclic) bond motifs is 2. The Morgan fingerprint density at radius 3 is 2.19 bits per heavy atom. The van der Waals surface area contributed by atoms with Gasteiger partial charge in [-0.1, -0.05) is 18.2 Å². The fourth-order valence-electron chi connectivity index (χ4n) is 7.34. The summed E-state index contributed by atoms with van der Waals surface area (Å²) in [6.45, 7) is 25.1. The fourth-order valence-corrected chi connectivity index (χ4v) is 7.58. The zero-order valence-electron chi connectivity index (χ0n) is 34.5. The van der Waals surface area contributed by atoms with Crippen LogP contribution in [0.4, 0.5) is 17.1 Å². The van der Waals surface area contributed by atoms with E-state index in [0.717, 1.165) is 118 Å². The van der Waals surface area contributed by atoms with Crippen molar-refractivity contribution in [2.75, 3.05) is 81.0 Å². The third-order valence-corrected chi connectivity index (χ3v) is 10.6. The first kappa shape index (κ1) is 43.7. The number of nitrogens with zero attached hydrogens (tertiary/aromatic N) is 5. The largest absolute Gasteiger partial charge is 0.478 e. The normalized spacial score (nSPS) is 11.2. The summed E-state index contributed by atoms with van der Waals surface area (Å²) in [7, 11) is 0. The lowest BCUT2D eigenvalue weighted by molar-refractivity contribution is 0.0697. The third kappa shape index (κ3) is 11.4. The van der Waals surface area contributed by atoms with Crippen LogP contribution in [0.25, 0.3) is 33.4 Å². The van der Waals surface area contributed by atoms with E-state index in [2.05, 4.69) is 118 Å². The van der Waals surface area contributed by atoms with Gasteiger partial charge in [-0.3, -0.25) is 4.90 Å². The van der Waals surface area contributed by atoms with E-state index < -0.39 is 5.97 Å². The molecule has 0 aromatic heterocycles. The molecule has 0 saturated carbocycles. The predicted molar refractivity (Wildman–Crippen MR) is 248 cm³/mol. The second kappa shape index (κ2) is 21.9. The molecule has 2 aliphatic rings. The van der Waals surface area contributed by atoms with Crippen molar-refractivity contribution >= 4 is 64.8 Å². The smallest absolute Gasteiger partial charge is 0.336 e. The molecule has 0 fully saturated rings. The van der Waals surface area contributed by atoms with Crippen LogP contribution in [0.3, 0.4) is 0 Å². The lowest BCUT2D eigenvalue weighted by atomic mass is 9.90. The predicted octanol–water partition coefficient (Wildman–Crippen LogP) is 7.94. The van der Waals surface area contributed by atoms with Gasteiger partial charge < -0.3 is 40.4 Å². The Hall–Kier alpha value is -5.43. The molecule has 306 valence electrons. The molecular formula is C46H59N8O3S+. The maximum atomic E-state index is 13.0. The van der Waals surface area contributed by atoms with Gasteiger partial charge in [-0.25, -0.2) is 9.37 Å². The highest BCUT2D eigenvalue weighted by Gasteiger charge is 2.23. The first-order valence-corrected chi connectivity index (χ1v) is 20.8. The number of aromatic carboxylic acids is 1. The summed E-state index contributed by atoms with van der Waals surface area (Å²) in [5, 5.41) is 22.8. The van der Waals surface area contributed by atoms with E-state index >= 15 is 0 Å². The number of carboxylic acid groups (broad SMARTS) is 1. The van der Waals surface area contributed by atoms with E-state index in [1.807, 2.05) is 36.4 Å². The molecule has 0 saturated heterocycles. The minimum atomic E-state index is -1.04. The van der Waals surface area contributed by atoms with Crippen LogP contribution in [0.5, 0.6) is 0 Å². The highest BCUT2D eigenvalue weighted by molar-refractivity contribution is 7.80. The molecule has 0 radical (unpaired) electrons. The van der Waals surface area contributed by atoms with Gasteiger partial charge in [0.25, 0.3) is 0 Å². The number of anilines is 3. The maximum Gasteiger partial charge on any atom is 0.336 e.